The number of thiazole rings is 1. The number of thiophene rings is 1. The number of anilines is 1. The van der Waals surface area contributed by atoms with Gasteiger partial charge in [-0.3, -0.25) is 9.59 Å². The molecule has 5 nitrogen and oxygen atoms in total. The van der Waals surface area contributed by atoms with Crippen LogP contribution in [0.15, 0.2) is 71.4 Å². The molecule has 2 amide bonds. The summed E-state index contributed by atoms with van der Waals surface area (Å²) in [6.45, 7) is 2.55. The molecule has 4 rings (SSSR count). The van der Waals surface area contributed by atoms with Gasteiger partial charge < -0.3 is 10.6 Å². The average molecular weight is 448 g/mol. The van der Waals surface area contributed by atoms with Crippen molar-refractivity contribution in [2.24, 2.45) is 0 Å². The first-order valence-corrected chi connectivity index (χ1v) is 11.6. The van der Waals surface area contributed by atoms with E-state index in [0.29, 0.717) is 22.7 Å². The van der Waals surface area contributed by atoms with E-state index in [9.17, 15) is 9.59 Å². The minimum atomic E-state index is -0.150. The van der Waals surface area contributed by atoms with Crippen LogP contribution in [0.25, 0.3) is 11.3 Å². The van der Waals surface area contributed by atoms with E-state index in [-0.39, 0.29) is 11.8 Å². The van der Waals surface area contributed by atoms with Crippen LogP contribution in [-0.4, -0.2) is 23.3 Å². The van der Waals surface area contributed by atoms with Gasteiger partial charge in [-0.2, -0.15) is 0 Å². The molecular formula is C24H21N3O2S2. The van der Waals surface area contributed by atoms with Gasteiger partial charge in [-0.05, 0) is 54.6 Å². The third-order valence-electron chi connectivity index (χ3n) is 4.72. The van der Waals surface area contributed by atoms with E-state index in [0.717, 1.165) is 28.2 Å². The van der Waals surface area contributed by atoms with E-state index in [1.165, 1.54) is 11.3 Å². The lowest BCUT2D eigenvalue weighted by Crippen LogP contribution is -2.25. The molecule has 0 saturated carbocycles. The predicted molar refractivity (Wildman–Crippen MR) is 127 cm³/mol. The highest BCUT2D eigenvalue weighted by Crippen LogP contribution is 2.22. The minimum absolute atomic E-state index is 0.134. The van der Waals surface area contributed by atoms with Crippen molar-refractivity contribution in [3.63, 3.8) is 0 Å². The number of nitrogens with zero attached hydrogens (tertiary/aromatic N) is 1. The number of carbonyl (C=O) groups excluding carboxylic acids is 2. The number of aryl methyl sites for hydroxylation is 1. The standard InChI is InChI=1S/C24H21N3O2S2/c1-16-26-21(15-31-16)18-6-4-17(5-7-18)12-13-25-23(28)19-8-10-20(11-9-19)27-24(29)22-3-2-14-30-22/h2-11,14-15H,12-13H2,1H3,(H,25,28)(H,27,29). The van der Waals surface area contributed by atoms with Gasteiger partial charge in [0.15, 0.2) is 0 Å². The Kier molecular flexibility index (Phi) is 6.54. The average Bonchev–Trinajstić information content (AvgIpc) is 3.47. The Balaban J connectivity index is 1.26. The molecule has 31 heavy (non-hydrogen) atoms. The molecule has 2 aromatic heterocycles. The maximum absolute atomic E-state index is 12.4. The Morgan fingerprint density at radius 1 is 0.935 bits per heavy atom. The van der Waals surface area contributed by atoms with E-state index >= 15 is 0 Å². The molecular weight excluding hydrogens is 426 g/mol. The fourth-order valence-electron chi connectivity index (χ4n) is 3.07. The molecule has 0 fully saturated rings. The molecule has 0 aliphatic heterocycles. The molecule has 0 aliphatic rings. The first kappa shape index (κ1) is 21.0. The summed E-state index contributed by atoms with van der Waals surface area (Å²) in [5.74, 6) is -0.283. The van der Waals surface area contributed by atoms with Crippen molar-refractivity contribution in [3.05, 3.63) is 92.4 Å². The Morgan fingerprint density at radius 2 is 1.71 bits per heavy atom. The Morgan fingerprint density at radius 3 is 2.35 bits per heavy atom. The summed E-state index contributed by atoms with van der Waals surface area (Å²) in [7, 11) is 0. The lowest BCUT2D eigenvalue weighted by atomic mass is 10.1. The van der Waals surface area contributed by atoms with Crippen molar-refractivity contribution in [2.75, 3.05) is 11.9 Å². The van der Waals surface area contributed by atoms with E-state index < -0.39 is 0 Å². The van der Waals surface area contributed by atoms with Gasteiger partial charge >= 0.3 is 0 Å². The number of benzene rings is 2. The number of aromatic nitrogens is 1. The third kappa shape index (κ3) is 5.45. The second kappa shape index (κ2) is 9.68. The number of carbonyl (C=O) groups is 2. The van der Waals surface area contributed by atoms with Crippen LogP contribution < -0.4 is 10.6 Å². The lowest BCUT2D eigenvalue weighted by molar-refractivity contribution is 0.0953. The second-order valence-electron chi connectivity index (χ2n) is 6.96. The quantitative estimate of drug-likeness (QED) is 0.398. The summed E-state index contributed by atoms with van der Waals surface area (Å²) in [5.41, 5.74) is 4.47. The van der Waals surface area contributed by atoms with Crippen molar-refractivity contribution >= 4 is 40.2 Å². The fourth-order valence-corrected chi connectivity index (χ4v) is 4.31. The van der Waals surface area contributed by atoms with Gasteiger partial charge in [-0.1, -0.05) is 30.3 Å². The molecule has 0 atom stereocenters. The Labute approximate surface area is 188 Å². The zero-order chi connectivity index (χ0) is 21.6. The molecule has 2 N–H and O–H groups in total. The third-order valence-corrected chi connectivity index (χ3v) is 6.36. The predicted octanol–water partition coefficient (Wildman–Crippen LogP) is 5.40. The summed E-state index contributed by atoms with van der Waals surface area (Å²) in [6, 6.07) is 18.8. The van der Waals surface area contributed by atoms with Crippen LogP contribution >= 0.6 is 22.7 Å². The van der Waals surface area contributed by atoms with Crippen LogP contribution in [0.3, 0.4) is 0 Å². The maximum Gasteiger partial charge on any atom is 0.265 e. The van der Waals surface area contributed by atoms with Crippen molar-refractivity contribution in [3.8, 4) is 11.3 Å². The molecule has 0 bridgehead atoms. The first-order chi connectivity index (χ1) is 15.1. The van der Waals surface area contributed by atoms with Gasteiger partial charge in [0.1, 0.15) is 0 Å². The van der Waals surface area contributed by atoms with Crippen molar-refractivity contribution in [1.29, 1.82) is 0 Å². The Hall–Kier alpha value is -3.29. The lowest BCUT2D eigenvalue weighted by Gasteiger charge is -2.08. The molecule has 2 aromatic carbocycles. The first-order valence-electron chi connectivity index (χ1n) is 9.83. The SMILES string of the molecule is Cc1nc(-c2ccc(CCNC(=O)c3ccc(NC(=O)c4cccs4)cc3)cc2)cs1. The van der Waals surface area contributed by atoms with Crippen LogP contribution in [0, 0.1) is 6.92 Å². The maximum atomic E-state index is 12.4. The van der Waals surface area contributed by atoms with E-state index in [1.807, 2.05) is 18.4 Å². The topological polar surface area (TPSA) is 71.1 Å². The molecule has 4 aromatic rings. The molecule has 0 saturated heterocycles. The van der Waals surface area contributed by atoms with Crippen LogP contribution in [0.4, 0.5) is 5.69 Å². The second-order valence-corrected chi connectivity index (χ2v) is 8.97. The van der Waals surface area contributed by atoms with Gasteiger partial charge in [0.25, 0.3) is 11.8 Å². The van der Waals surface area contributed by atoms with Crippen LogP contribution in [0.1, 0.15) is 30.6 Å². The summed E-state index contributed by atoms with van der Waals surface area (Å²) in [4.78, 5) is 29.6. The van der Waals surface area contributed by atoms with Crippen molar-refractivity contribution < 1.29 is 9.59 Å². The minimum Gasteiger partial charge on any atom is -0.352 e. The highest BCUT2D eigenvalue weighted by molar-refractivity contribution is 7.12. The number of hydrogen-bond donors (Lipinski definition) is 2. The van der Waals surface area contributed by atoms with Crippen molar-refractivity contribution in [1.82, 2.24) is 10.3 Å². The molecule has 0 aliphatic carbocycles. The summed E-state index contributed by atoms with van der Waals surface area (Å²) in [6.07, 6.45) is 0.747. The highest BCUT2D eigenvalue weighted by Gasteiger charge is 2.09. The summed E-state index contributed by atoms with van der Waals surface area (Å²) in [5, 5.41) is 10.7. The smallest absolute Gasteiger partial charge is 0.265 e. The molecule has 7 heteroatoms. The van der Waals surface area contributed by atoms with Gasteiger partial charge in [-0.25, -0.2) is 4.98 Å². The van der Waals surface area contributed by atoms with Crippen LogP contribution in [-0.2, 0) is 6.42 Å². The summed E-state index contributed by atoms with van der Waals surface area (Å²) < 4.78 is 0. The summed E-state index contributed by atoms with van der Waals surface area (Å²) >= 11 is 3.03. The van der Waals surface area contributed by atoms with Gasteiger partial charge in [0, 0.05) is 28.7 Å². The largest absolute Gasteiger partial charge is 0.352 e. The van der Waals surface area contributed by atoms with Gasteiger partial charge in [-0.15, -0.1) is 22.7 Å². The molecule has 156 valence electrons. The van der Waals surface area contributed by atoms with Crippen LogP contribution in [0.2, 0.25) is 0 Å². The fraction of sp³-hybridized carbons (Fsp3) is 0.125. The monoisotopic (exact) mass is 447 g/mol. The molecule has 0 radical (unpaired) electrons. The van der Waals surface area contributed by atoms with Crippen molar-refractivity contribution in [2.45, 2.75) is 13.3 Å². The molecule has 0 unspecified atom stereocenters. The normalized spacial score (nSPS) is 10.6. The number of hydrogen-bond acceptors (Lipinski definition) is 5. The van der Waals surface area contributed by atoms with Crippen LogP contribution in [0.5, 0.6) is 0 Å². The van der Waals surface area contributed by atoms with E-state index in [4.69, 9.17) is 0 Å². The number of rotatable bonds is 7. The highest BCUT2D eigenvalue weighted by atomic mass is 32.1. The number of amides is 2. The van der Waals surface area contributed by atoms with Gasteiger partial charge in [0.2, 0.25) is 0 Å². The van der Waals surface area contributed by atoms with Gasteiger partial charge in [0.05, 0.1) is 15.6 Å². The van der Waals surface area contributed by atoms with E-state index in [2.05, 4.69) is 45.3 Å². The number of nitrogens with one attached hydrogen (secondary N) is 2. The Bertz CT molecular complexity index is 1160. The molecule has 2 heterocycles. The van der Waals surface area contributed by atoms with E-state index in [1.54, 1.807) is 41.7 Å². The zero-order valence-corrected chi connectivity index (χ0v) is 18.6. The zero-order valence-electron chi connectivity index (χ0n) is 16.9. The molecule has 0 spiro atoms.